The van der Waals surface area contributed by atoms with E-state index in [1.807, 2.05) is 24.3 Å². The summed E-state index contributed by atoms with van der Waals surface area (Å²) in [5, 5.41) is 5.23. The van der Waals surface area contributed by atoms with Crippen LogP contribution in [-0.2, 0) is 9.53 Å². The van der Waals surface area contributed by atoms with Gasteiger partial charge in [0.15, 0.2) is 6.61 Å². The fraction of sp³-hybridized carbons (Fsp3) is 0.111. The van der Waals surface area contributed by atoms with E-state index in [1.54, 1.807) is 29.6 Å². The minimum atomic E-state index is -0.511. The van der Waals surface area contributed by atoms with Crippen molar-refractivity contribution >= 4 is 39.0 Å². The summed E-state index contributed by atoms with van der Waals surface area (Å²) < 4.78 is 11.3. The molecule has 3 aromatic rings. The second-order valence-electron chi connectivity index (χ2n) is 4.97. The maximum absolute atomic E-state index is 12.2. The highest BCUT2D eigenvalue weighted by Gasteiger charge is 2.15. The molecular formula is C18H15NO4S. The molecule has 0 aliphatic rings. The number of carbonyl (C=O) groups excluding carboxylic acids is 2. The van der Waals surface area contributed by atoms with Crippen molar-refractivity contribution in [2.24, 2.45) is 0 Å². The molecule has 1 amide bonds. The van der Waals surface area contributed by atoms with E-state index in [-0.39, 0.29) is 6.61 Å². The first-order valence-electron chi connectivity index (χ1n) is 7.25. The van der Waals surface area contributed by atoms with E-state index in [0.717, 1.165) is 10.1 Å². The number of rotatable bonds is 5. The van der Waals surface area contributed by atoms with Crippen molar-refractivity contribution in [2.75, 3.05) is 19.0 Å². The van der Waals surface area contributed by atoms with Crippen LogP contribution in [0.25, 0.3) is 10.1 Å². The van der Waals surface area contributed by atoms with E-state index in [1.165, 1.54) is 18.4 Å². The molecule has 0 saturated carbocycles. The average Bonchev–Trinajstić information content (AvgIpc) is 3.04. The Morgan fingerprint density at radius 3 is 2.67 bits per heavy atom. The highest BCUT2D eigenvalue weighted by molar-refractivity contribution is 7.17. The number of ether oxygens (including phenoxy) is 2. The van der Waals surface area contributed by atoms with Crippen molar-refractivity contribution < 1.29 is 19.1 Å². The third kappa shape index (κ3) is 3.38. The monoisotopic (exact) mass is 341 g/mol. The second kappa shape index (κ2) is 7.14. The molecule has 0 radical (unpaired) electrons. The summed E-state index contributed by atoms with van der Waals surface area (Å²) in [4.78, 5) is 24.2. The zero-order valence-electron chi connectivity index (χ0n) is 12.9. The first-order chi connectivity index (χ1) is 11.7. The molecule has 5 nitrogen and oxygen atoms in total. The van der Waals surface area contributed by atoms with Gasteiger partial charge < -0.3 is 14.8 Å². The van der Waals surface area contributed by atoms with Crippen molar-refractivity contribution in [3.8, 4) is 5.75 Å². The van der Waals surface area contributed by atoms with Crippen LogP contribution in [-0.4, -0.2) is 25.6 Å². The number of hydrogen-bond acceptors (Lipinski definition) is 5. The molecule has 1 aromatic heterocycles. The van der Waals surface area contributed by atoms with Gasteiger partial charge in [0.2, 0.25) is 0 Å². The summed E-state index contributed by atoms with van der Waals surface area (Å²) in [5.41, 5.74) is 1.00. The molecule has 1 heterocycles. The maximum Gasteiger partial charge on any atom is 0.340 e. The van der Waals surface area contributed by atoms with E-state index >= 15 is 0 Å². The minimum absolute atomic E-state index is 0.360. The van der Waals surface area contributed by atoms with Gasteiger partial charge in [-0.25, -0.2) is 4.79 Å². The van der Waals surface area contributed by atoms with Gasteiger partial charge in [0, 0.05) is 15.5 Å². The summed E-state index contributed by atoms with van der Waals surface area (Å²) >= 11 is 1.47. The predicted octanol–water partition coefficient (Wildman–Crippen LogP) is 3.71. The van der Waals surface area contributed by atoms with Crippen LogP contribution < -0.4 is 10.1 Å². The zero-order valence-corrected chi connectivity index (χ0v) is 13.8. The highest BCUT2D eigenvalue weighted by atomic mass is 32.1. The van der Waals surface area contributed by atoms with Gasteiger partial charge in [0.25, 0.3) is 5.91 Å². The predicted molar refractivity (Wildman–Crippen MR) is 93.7 cm³/mol. The van der Waals surface area contributed by atoms with E-state index in [9.17, 15) is 9.59 Å². The molecule has 0 saturated heterocycles. The normalized spacial score (nSPS) is 10.4. The Kier molecular flexibility index (Phi) is 4.77. The lowest BCUT2D eigenvalue weighted by atomic mass is 10.2. The number of amides is 1. The van der Waals surface area contributed by atoms with E-state index in [2.05, 4.69) is 5.32 Å². The molecule has 0 aliphatic heterocycles. The molecule has 0 fully saturated rings. The summed E-state index contributed by atoms with van der Waals surface area (Å²) in [6.07, 6.45) is 0. The van der Waals surface area contributed by atoms with Crippen LogP contribution >= 0.6 is 11.3 Å². The molecule has 24 heavy (non-hydrogen) atoms. The lowest BCUT2D eigenvalue weighted by Gasteiger charge is -2.10. The third-order valence-electron chi connectivity index (χ3n) is 3.42. The molecule has 0 unspecified atom stereocenters. The maximum atomic E-state index is 12.2. The quantitative estimate of drug-likeness (QED) is 0.719. The smallest absolute Gasteiger partial charge is 0.340 e. The Balaban J connectivity index is 1.63. The van der Waals surface area contributed by atoms with Gasteiger partial charge >= 0.3 is 5.97 Å². The number of carbonyl (C=O) groups is 2. The molecule has 1 N–H and O–H groups in total. The minimum Gasteiger partial charge on any atom is -0.495 e. The fourth-order valence-corrected chi connectivity index (χ4v) is 3.21. The van der Waals surface area contributed by atoms with Crippen LogP contribution in [0.1, 0.15) is 10.4 Å². The topological polar surface area (TPSA) is 64.6 Å². The molecule has 2 aromatic carbocycles. The zero-order chi connectivity index (χ0) is 16.9. The number of para-hydroxylation sites is 2. The third-order valence-corrected chi connectivity index (χ3v) is 4.38. The van der Waals surface area contributed by atoms with Crippen LogP contribution in [0.3, 0.4) is 0 Å². The van der Waals surface area contributed by atoms with Gasteiger partial charge in [-0.15, -0.1) is 11.3 Å². The van der Waals surface area contributed by atoms with Crippen LogP contribution in [0.2, 0.25) is 0 Å². The first-order valence-corrected chi connectivity index (χ1v) is 8.13. The Morgan fingerprint density at radius 1 is 1.08 bits per heavy atom. The average molecular weight is 341 g/mol. The van der Waals surface area contributed by atoms with Gasteiger partial charge in [-0.2, -0.15) is 0 Å². The van der Waals surface area contributed by atoms with E-state index < -0.39 is 11.9 Å². The molecule has 3 rings (SSSR count). The summed E-state index contributed by atoms with van der Waals surface area (Å²) in [7, 11) is 1.52. The van der Waals surface area contributed by atoms with Crippen LogP contribution in [0.15, 0.2) is 53.9 Å². The van der Waals surface area contributed by atoms with Crippen molar-refractivity contribution in [3.63, 3.8) is 0 Å². The van der Waals surface area contributed by atoms with Gasteiger partial charge in [0.05, 0.1) is 18.4 Å². The van der Waals surface area contributed by atoms with Gasteiger partial charge in [-0.05, 0) is 18.2 Å². The Labute approximate surface area is 142 Å². The van der Waals surface area contributed by atoms with Crippen molar-refractivity contribution in [3.05, 3.63) is 59.5 Å². The fourth-order valence-electron chi connectivity index (χ4n) is 2.28. The second-order valence-corrected chi connectivity index (χ2v) is 5.88. The van der Waals surface area contributed by atoms with Crippen LogP contribution in [0.4, 0.5) is 5.69 Å². The number of fused-ring (bicyclic) bond motifs is 1. The van der Waals surface area contributed by atoms with Gasteiger partial charge in [-0.1, -0.05) is 30.3 Å². The van der Waals surface area contributed by atoms with E-state index in [4.69, 9.17) is 9.47 Å². The summed E-state index contributed by atoms with van der Waals surface area (Å²) in [6, 6.07) is 14.6. The highest BCUT2D eigenvalue weighted by Crippen LogP contribution is 2.26. The lowest BCUT2D eigenvalue weighted by Crippen LogP contribution is -2.21. The van der Waals surface area contributed by atoms with Gasteiger partial charge in [-0.3, -0.25) is 4.79 Å². The number of thiophene rings is 1. The number of methoxy groups -OCH3 is 1. The number of benzene rings is 2. The Hall–Kier alpha value is -2.86. The number of anilines is 1. The lowest BCUT2D eigenvalue weighted by molar-refractivity contribution is -0.119. The molecule has 0 spiro atoms. The largest absolute Gasteiger partial charge is 0.495 e. The van der Waals surface area contributed by atoms with Crippen LogP contribution in [0, 0.1) is 0 Å². The molecule has 0 atom stereocenters. The number of esters is 1. The molecular weight excluding hydrogens is 326 g/mol. The van der Waals surface area contributed by atoms with Gasteiger partial charge in [0.1, 0.15) is 5.75 Å². The molecule has 122 valence electrons. The Bertz CT molecular complexity index is 887. The SMILES string of the molecule is COc1ccccc1NC(=O)COC(=O)c1csc2ccccc12. The number of nitrogens with one attached hydrogen (secondary N) is 1. The molecule has 0 aliphatic carbocycles. The first kappa shape index (κ1) is 16.0. The number of hydrogen-bond donors (Lipinski definition) is 1. The summed E-state index contributed by atoms with van der Waals surface area (Å²) in [6.45, 7) is -0.360. The van der Waals surface area contributed by atoms with Crippen LogP contribution in [0.5, 0.6) is 5.75 Å². The van der Waals surface area contributed by atoms with Crippen molar-refractivity contribution in [1.82, 2.24) is 0 Å². The Morgan fingerprint density at radius 2 is 1.83 bits per heavy atom. The van der Waals surface area contributed by atoms with Crippen molar-refractivity contribution in [1.29, 1.82) is 0 Å². The molecule has 0 bridgehead atoms. The standard InChI is InChI=1S/C18H15NO4S/c1-22-15-8-4-3-7-14(15)19-17(20)10-23-18(21)13-11-24-16-9-5-2-6-12(13)16/h2-9,11H,10H2,1H3,(H,19,20). The molecule has 6 heteroatoms. The van der Waals surface area contributed by atoms with E-state index in [0.29, 0.717) is 17.0 Å². The summed E-state index contributed by atoms with van der Waals surface area (Å²) in [5.74, 6) is -0.393. The van der Waals surface area contributed by atoms with Crippen molar-refractivity contribution in [2.45, 2.75) is 0 Å².